The van der Waals surface area contributed by atoms with Gasteiger partial charge in [-0.2, -0.15) is 0 Å². The second-order valence-corrected chi connectivity index (χ2v) is 10.8. The molecule has 194 valence electrons. The summed E-state index contributed by atoms with van der Waals surface area (Å²) in [6.45, 7) is 0.606. The van der Waals surface area contributed by atoms with E-state index in [1.807, 2.05) is 36.6 Å². The highest BCUT2D eigenvalue weighted by molar-refractivity contribution is 7.98. The molecule has 3 atom stereocenters. The Morgan fingerprint density at radius 1 is 1.11 bits per heavy atom. The maximum atomic E-state index is 13.4. The van der Waals surface area contributed by atoms with Crippen molar-refractivity contribution in [2.75, 3.05) is 12.8 Å². The average Bonchev–Trinajstić information content (AvgIpc) is 2.87. The number of aromatic amines is 1. The lowest BCUT2D eigenvalue weighted by Crippen LogP contribution is -2.52. The first-order valence-electron chi connectivity index (χ1n) is 12.0. The highest BCUT2D eigenvalue weighted by atomic mass is 35.5. The van der Waals surface area contributed by atoms with Crippen LogP contribution in [0.15, 0.2) is 82.5 Å². The number of nitrogens with one attached hydrogen (secondary N) is 2. The van der Waals surface area contributed by atoms with Crippen LogP contribution in [0.25, 0.3) is 10.9 Å². The Kier molecular flexibility index (Phi) is 8.44. The summed E-state index contributed by atoms with van der Waals surface area (Å²) in [6.07, 6.45) is 3.60. The summed E-state index contributed by atoms with van der Waals surface area (Å²) in [6, 6.07) is 21.7. The van der Waals surface area contributed by atoms with Crippen molar-refractivity contribution in [1.82, 2.24) is 10.3 Å². The highest BCUT2D eigenvalue weighted by Crippen LogP contribution is 2.41. The van der Waals surface area contributed by atoms with Crippen molar-refractivity contribution in [3.05, 3.63) is 111 Å². The van der Waals surface area contributed by atoms with Gasteiger partial charge in [-0.25, -0.2) is 4.39 Å². The maximum absolute atomic E-state index is 13.4. The fraction of sp³-hybridized carbons (Fsp3) is 0.300. The van der Waals surface area contributed by atoms with Gasteiger partial charge >= 0.3 is 0 Å². The Morgan fingerprint density at radius 3 is 2.54 bits per heavy atom. The Morgan fingerprint density at radius 2 is 1.84 bits per heavy atom. The van der Waals surface area contributed by atoms with Crippen LogP contribution in [0.5, 0.6) is 0 Å². The quantitative estimate of drug-likeness (QED) is 0.244. The third kappa shape index (κ3) is 5.93. The van der Waals surface area contributed by atoms with E-state index in [2.05, 4.69) is 16.4 Å². The molecular weight excluding hydrogens is 507 g/mol. The number of aliphatic hydroxyl groups is 1. The lowest BCUT2D eigenvalue weighted by Gasteiger charge is -2.43. The second kappa shape index (κ2) is 11.4. The van der Waals surface area contributed by atoms with Crippen LogP contribution in [0.2, 0.25) is 5.02 Å². The van der Waals surface area contributed by atoms with E-state index < -0.39 is 11.5 Å². The van der Waals surface area contributed by atoms with E-state index in [1.54, 1.807) is 36.0 Å². The van der Waals surface area contributed by atoms with Gasteiger partial charge in [0.25, 0.3) is 5.56 Å². The molecule has 1 aliphatic rings. The number of hydrogen-bond donors (Lipinski definition) is 3. The van der Waals surface area contributed by atoms with E-state index in [-0.39, 0.29) is 24.8 Å². The number of H-pyrrole nitrogens is 1. The number of aromatic nitrogens is 1. The number of piperidine rings is 1. The van der Waals surface area contributed by atoms with E-state index >= 15 is 0 Å². The van der Waals surface area contributed by atoms with Crippen LogP contribution >= 0.6 is 23.4 Å². The van der Waals surface area contributed by atoms with E-state index in [9.17, 15) is 14.3 Å². The maximum Gasteiger partial charge on any atom is 0.252 e. The van der Waals surface area contributed by atoms with Gasteiger partial charge in [0.2, 0.25) is 0 Å². The molecule has 3 unspecified atom stereocenters. The summed E-state index contributed by atoms with van der Waals surface area (Å²) in [7, 11) is 0. The SMILES string of the molecule is C.CSc1ccc2[nH]c(=O)c(C(c3ccc(Cl)cc3)C3(O)CCNC(Cc4ccc(F)cc4)C3)cc2c1. The van der Waals surface area contributed by atoms with Crippen molar-refractivity contribution in [3.63, 3.8) is 0 Å². The van der Waals surface area contributed by atoms with Crippen molar-refractivity contribution in [2.24, 2.45) is 0 Å². The Hall–Kier alpha value is -2.64. The second-order valence-electron chi connectivity index (χ2n) is 9.53. The Bertz CT molecular complexity index is 1420. The smallest absolute Gasteiger partial charge is 0.252 e. The molecule has 1 saturated heterocycles. The Balaban J connectivity index is 0.00000320. The van der Waals surface area contributed by atoms with Crippen molar-refractivity contribution in [3.8, 4) is 0 Å². The summed E-state index contributed by atoms with van der Waals surface area (Å²) in [5.74, 6) is -0.812. The first-order chi connectivity index (χ1) is 17.3. The minimum Gasteiger partial charge on any atom is -0.389 e. The third-order valence-electron chi connectivity index (χ3n) is 7.12. The molecule has 1 aromatic heterocycles. The van der Waals surface area contributed by atoms with Crippen LogP contribution in [0.3, 0.4) is 0 Å². The lowest BCUT2D eigenvalue weighted by atomic mass is 9.70. The molecular formula is C30H32ClFN2O2S. The molecule has 37 heavy (non-hydrogen) atoms. The fourth-order valence-electron chi connectivity index (χ4n) is 5.38. The van der Waals surface area contributed by atoms with Gasteiger partial charge in [-0.1, -0.05) is 43.3 Å². The van der Waals surface area contributed by atoms with Gasteiger partial charge in [0.05, 0.1) is 5.60 Å². The molecule has 3 N–H and O–H groups in total. The zero-order valence-corrected chi connectivity index (χ0v) is 21.5. The zero-order chi connectivity index (χ0) is 25.3. The van der Waals surface area contributed by atoms with Gasteiger partial charge < -0.3 is 15.4 Å². The number of thioether (sulfide) groups is 1. The summed E-state index contributed by atoms with van der Waals surface area (Å²) < 4.78 is 13.4. The number of hydrogen-bond acceptors (Lipinski definition) is 4. The zero-order valence-electron chi connectivity index (χ0n) is 19.9. The van der Waals surface area contributed by atoms with Crippen molar-refractivity contribution < 1.29 is 9.50 Å². The molecule has 2 heterocycles. The number of pyridine rings is 1. The Labute approximate surface area is 226 Å². The van der Waals surface area contributed by atoms with E-state index in [0.29, 0.717) is 36.4 Å². The first-order valence-corrected chi connectivity index (χ1v) is 13.6. The molecule has 3 aromatic carbocycles. The molecule has 5 rings (SSSR count). The molecule has 0 aliphatic carbocycles. The number of benzene rings is 3. The van der Waals surface area contributed by atoms with Crippen molar-refractivity contribution in [1.29, 1.82) is 0 Å². The minimum atomic E-state index is -1.17. The highest BCUT2D eigenvalue weighted by Gasteiger charge is 2.43. The number of fused-ring (bicyclic) bond motifs is 1. The minimum absolute atomic E-state index is 0. The predicted octanol–water partition coefficient (Wildman–Crippen LogP) is 6.54. The van der Waals surface area contributed by atoms with Crippen molar-refractivity contribution in [2.45, 2.75) is 49.1 Å². The molecule has 0 bridgehead atoms. The number of halogens is 2. The van der Waals surface area contributed by atoms with Gasteiger partial charge in [-0.3, -0.25) is 4.79 Å². The first kappa shape index (κ1) is 27.4. The topological polar surface area (TPSA) is 65.1 Å². The van der Waals surface area contributed by atoms with E-state index in [1.165, 1.54) is 12.1 Å². The molecule has 0 radical (unpaired) electrons. The summed E-state index contributed by atoms with van der Waals surface area (Å²) in [5, 5.41) is 17.2. The van der Waals surface area contributed by atoms with Crippen LogP contribution < -0.4 is 10.9 Å². The van der Waals surface area contributed by atoms with Crippen molar-refractivity contribution >= 4 is 34.3 Å². The molecule has 0 spiro atoms. The molecule has 4 nitrogen and oxygen atoms in total. The average molecular weight is 539 g/mol. The molecule has 0 amide bonds. The predicted molar refractivity (Wildman–Crippen MR) is 152 cm³/mol. The van der Waals surface area contributed by atoms with Crippen LogP contribution in [0.4, 0.5) is 4.39 Å². The summed E-state index contributed by atoms with van der Waals surface area (Å²) >= 11 is 7.82. The fourth-order valence-corrected chi connectivity index (χ4v) is 5.96. The lowest BCUT2D eigenvalue weighted by molar-refractivity contribution is -0.0188. The standard InChI is InChI=1S/C29H28ClFN2O2S.CH4/c1-36-24-10-11-26-20(15-24)16-25(28(34)33-26)27(19-4-6-21(30)7-5-19)29(35)12-13-32-23(17-29)14-18-2-8-22(31)9-3-18;/h2-11,15-16,23,27,32,35H,12-14,17H2,1H3,(H,33,34);1H4. The monoisotopic (exact) mass is 538 g/mol. The molecule has 1 fully saturated rings. The molecule has 1 aliphatic heterocycles. The third-order valence-corrected chi connectivity index (χ3v) is 8.10. The molecule has 0 saturated carbocycles. The van der Waals surface area contributed by atoms with Crippen LogP contribution in [-0.2, 0) is 6.42 Å². The summed E-state index contributed by atoms with van der Waals surface area (Å²) in [5.41, 5.74) is 1.77. The summed E-state index contributed by atoms with van der Waals surface area (Å²) in [4.78, 5) is 17.5. The van der Waals surface area contributed by atoms with Gasteiger partial charge in [0.15, 0.2) is 0 Å². The van der Waals surface area contributed by atoms with E-state index in [4.69, 9.17) is 11.6 Å². The molecule has 4 aromatic rings. The van der Waals surface area contributed by atoms with Gasteiger partial charge in [-0.15, -0.1) is 11.8 Å². The van der Waals surface area contributed by atoms with Gasteiger partial charge in [0.1, 0.15) is 5.82 Å². The van der Waals surface area contributed by atoms with Gasteiger partial charge in [-0.05, 0) is 97.1 Å². The van der Waals surface area contributed by atoms with Gasteiger partial charge in [0, 0.05) is 33.0 Å². The van der Waals surface area contributed by atoms with Crippen LogP contribution in [0, 0.1) is 5.82 Å². The molecule has 7 heteroatoms. The number of rotatable bonds is 6. The van der Waals surface area contributed by atoms with Crippen LogP contribution in [0.1, 0.15) is 42.9 Å². The largest absolute Gasteiger partial charge is 0.389 e. The van der Waals surface area contributed by atoms with Crippen LogP contribution in [-0.4, -0.2) is 34.5 Å². The normalized spacial score (nSPS) is 20.4. The van der Waals surface area contributed by atoms with E-state index in [0.717, 1.165) is 26.9 Å².